The second-order valence-corrected chi connectivity index (χ2v) is 9.43. The second kappa shape index (κ2) is 12.1. The summed E-state index contributed by atoms with van der Waals surface area (Å²) in [6.45, 7) is 7.76. The largest absolute Gasteiger partial charge is 0.492 e. The molecular formula is C27H32ClN5O4. The van der Waals surface area contributed by atoms with Crippen molar-refractivity contribution in [1.29, 1.82) is 0 Å². The zero-order valence-corrected chi connectivity index (χ0v) is 22.1. The molecular weight excluding hydrogens is 494 g/mol. The molecule has 0 aliphatic carbocycles. The van der Waals surface area contributed by atoms with Crippen LogP contribution in [0.3, 0.4) is 0 Å². The lowest BCUT2D eigenvalue weighted by molar-refractivity contribution is -0.130. The van der Waals surface area contributed by atoms with E-state index in [9.17, 15) is 9.59 Å². The van der Waals surface area contributed by atoms with Crippen LogP contribution in [0, 0.1) is 6.92 Å². The summed E-state index contributed by atoms with van der Waals surface area (Å²) in [6.07, 6.45) is 1.58. The molecule has 9 nitrogen and oxygen atoms in total. The molecule has 10 heteroatoms. The molecule has 1 aliphatic heterocycles. The van der Waals surface area contributed by atoms with Crippen molar-refractivity contribution < 1.29 is 19.1 Å². The molecule has 3 aromatic rings. The van der Waals surface area contributed by atoms with Crippen molar-refractivity contribution in [3.63, 3.8) is 0 Å². The van der Waals surface area contributed by atoms with Gasteiger partial charge in [0.25, 0.3) is 5.91 Å². The summed E-state index contributed by atoms with van der Waals surface area (Å²) in [5.41, 5.74) is 3.07. The maximum Gasteiger partial charge on any atom is 0.262 e. The topological polar surface area (TPSA) is 88.9 Å². The summed E-state index contributed by atoms with van der Waals surface area (Å²) in [5.74, 6) is 1.12. The zero-order valence-electron chi connectivity index (χ0n) is 21.4. The van der Waals surface area contributed by atoms with Gasteiger partial charge in [0, 0.05) is 57.9 Å². The summed E-state index contributed by atoms with van der Waals surface area (Å²) in [4.78, 5) is 28.2. The van der Waals surface area contributed by atoms with Gasteiger partial charge in [0.1, 0.15) is 18.1 Å². The van der Waals surface area contributed by atoms with Crippen LogP contribution in [0.4, 0.5) is 5.69 Å². The number of rotatable bonds is 9. The van der Waals surface area contributed by atoms with Gasteiger partial charge in [-0.25, -0.2) is 0 Å². The van der Waals surface area contributed by atoms with Crippen molar-refractivity contribution in [2.24, 2.45) is 7.05 Å². The minimum Gasteiger partial charge on any atom is -0.492 e. The molecule has 1 aromatic heterocycles. The van der Waals surface area contributed by atoms with Crippen LogP contribution in [-0.2, 0) is 16.6 Å². The molecule has 0 radical (unpaired) electrons. The number of carbonyl (C=O) groups is 2. The maximum atomic E-state index is 12.6. The van der Waals surface area contributed by atoms with Crippen LogP contribution >= 0.6 is 11.6 Å². The van der Waals surface area contributed by atoms with Crippen LogP contribution in [0.25, 0.3) is 11.3 Å². The van der Waals surface area contributed by atoms with Gasteiger partial charge in [-0.05, 0) is 42.8 Å². The van der Waals surface area contributed by atoms with Gasteiger partial charge < -0.3 is 19.7 Å². The standard InChI is InChI=1S/C27H32ClN5O4/c1-19-5-4-6-22(15-19)37-18-26(35)30-21-7-8-25(23(16-21)27-24(28)17-29-31(27)3)36-14-13-32-9-11-33(12-10-32)20(2)34/h4-8,15-17H,9-14,18H2,1-3H3,(H,30,35). The van der Waals surface area contributed by atoms with Gasteiger partial charge in [0.15, 0.2) is 6.61 Å². The number of aromatic nitrogens is 2. The molecule has 0 atom stereocenters. The molecule has 0 spiro atoms. The van der Waals surface area contributed by atoms with E-state index in [0.717, 1.165) is 43.9 Å². The van der Waals surface area contributed by atoms with Crippen LogP contribution in [-0.4, -0.2) is 77.3 Å². The molecule has 196 valence electrons. The normalized spacial score (nSPS) is 13.9. The van der Waals surface area contributed by atoms with Crippen LogP contribution < -0.4 is 14.8 Å². The number of nitrogens with zero attached hydrogens (tertiary/aromatic N) is 4. The van der Waals surface area contributed by atoms with Gasteiger partial charge >= 0.3 is 0 Å². The van der Waals surface area contributed by atoms with Crippen molar-refractivity contribution in [2.75, 3.05) is 51.3 Å². The van der Waals surface area contributed by atoms with Crippen LogP contribution in [0.15, 0.2) is 48.7 Å². The highest BCUT2D eigenvalue weighted by Gasteiger charge is 2.20. The number of anilines is 1. The molecule has 1 saturated heterocycles. The first-order valence-electron chi connectivity index (χ1n) is 12.2. The molecule has 37 heavy (non-hydrogen) atoms. The van der Waals surface area contributed by atoms with Gasteiger partial charge in [-0.3, -0.25) is 19.2 Å². The van der Waals surface area contributed by atoms with Crippen molar-refractivity contribution in [2.45, 2.75) is 13.8 Å². The fourth-order valence-electron chi connectivity index (χ4n) is 4.25. The first-order valence-corrected chi connectivity index (χ1v) is 12.6. The van der Waals surface area contributed by atoms with E-state index in [1.165, 1.54) is 0 Å². The Morgan fingerprint density at radius 3 is 2.54 bits per heavy atom. The Balaban J connectivity index is 1.41. The highest BCUT2D eigenvalue weighted by molar-refractivity contribution is 6.33. The van der Waals surface area contributed by atoms with E-state index < -0.39 is 0 Å². The van der Waals surface area contributed by atoms with E-state index in [4.69, 9.17) is 21.1 Å². The van der Waals surface area contributed by atoms with Crippen LogP contribution in [0.2, 0.25) is 5.02 Å². The SMILES string of the molecule is CC(=O)N1CCN(CCOc2ccc(NC(=O)COc3cccc(C)c3)cc2-c2c(Cl)cnn2C)CC1. The van der Waals surface area contributed by atoms with Gasteiger partial charge in [-0.2, -0.15) is 5.10 Å². The number of hydrogen-bond acceptors (Lipinski definition) is 6. The molecule has 0 unspecified atom stereocenters. The van der Waals surface area contributed by atoms with E-state index in [1.54, 1.807) is 30.9 Å². The zero-order chi connectivity index (χ0) is 26.4. The van der Waals surface area contributed by atoms with Crippen molar-refractivity contribution in [3.05, 3.63) is 59.2 Å². The molecule has 2 heterocycles. The lowest BCUT2D eigenvalue weighted by Gasteiger charge is -2.34. The number of hydrogen-bond donors (Lipinski definition) is 1. The van der Waals surface area contributed by atoms with Gasteiger partial charge in [0.05, 0.1) is 16.9 Å². The van der Waals surface area contributed by atoms with E-state index in [2.05, 4.69) is 15.3 Å². The van der Waals surface area contributed by atoms with E-state index in [0.29, 0.717) is 34.5 Å². The quantitative estimate of drug-likeness (QED) is 0.459. The third kappa shape index (κ3) is 7.02. The van der Waals surface area contributed by atoms with Crippen molar-refractivity contribution >= 4 is 29.1 Å². The first-order chi connectivity index (χ1) is 17.8. The number of aryl methyl sites for hydroxylation is 2. The predicted molar refractivity (Wildman–Crippen MR) is 143 cm³/mol. The summed E-state index contributed by atoms with van der Waals surface area (Å²) in [5, 5.41) is 7.62. The molecule has 0 bridgehead atoms. The fourth-order valence-corrected chi connectivity index (χ4v) is 4.52. The highest BCUT2D eigenvalue weighted by atomic mass is 35.5. The summed E-state index contributed by atoms with van der Waals surface area (Å²) in [6, 6.07) is 13.0. The van der Waals surface area contributed by atoms with Crippen LogP contribution in [0.5, 0.6) is 11.5 Å². The van der Waals surface area contributed by atoms with Gasteiger partial charge in [0.2, 0.25) is 5.91 Å². The smallest absolute Gasteiger partial charge is 0.262 e. The highest BCUT2D eigenvalue weighted by Crippen LogP contribution is 2.36. The molecule has 0 saturated carbocycles. The van der Waals surface area contributed by atoms with Crippen molar-refractivity contribution in [1.82, 2.24) is 19.6 Å². The summed E-state index contributed by atoms with van der Waals surface area (Å²) in [7, 11) is 1.81. The number of piperazine rings is 1. The predicted octanol–water partition coefficient (Wildman–Crippen LogP) is 3.61. The number of amides is 2. The number of ether oxygens (including phenoxy) is 2. The second-order valence-electron chi connectivity index (χ2n) is 9.03. The molecule has 1 aliphatic rings. The average Bonchev–Trinajstić information content (AvgIpc) is 3.21. The number of nitrogens with one attached hydrogen (secondary N) is 1. The number of halogens is 1. The molecule has 1 N–H and O–H groups in total. The Hall–Kier alpha value is -3.56. The Bertz CT molecular complexity index is 1230. The van der Waals surface area contributed by atoms with Gasteiger partial charge in [-0.1, -0.05) is 23.7 Å². The molecule has 2 amide bonds. The molecule has 4 rings (SSSR count). The maximum absolute atomic E-state index is 12.6. The minimum absolute atomic E-state index is 0.111. The minimum atomic E-state index is -0.276. The van der Waals surface area contributed by atoms with E-state index >= 15 is 0 Å². The van der Waals surface area contributed by atoms with Crippen LogP contribution in [0.1, 0.15) is 12.5 Å². The third-order valence-corrected chi connectivity index (χ3v) is 6.53. The lowest BCUT2D eigenvalue weighted by atomic mass is 10.1. The fraction of sp³-hybridized carbons (Fsp3) is 0.370. The Labute approximate surface area is 221 Å². The Morgan fingerprint density at radius 1 is 1.08 bits per heavy atom. The molecule has 2 aromatic carbocycles. The van der Waals surface area contributed by atoms with Gasteiger partial charge in [-0.15, -0.1) is 0 Å². The Kier molecular flexibility index (Phi) is 8.68. The molecule has 1 fully saturated rings. The van der Waals surface area contributed by atoms with Crippen molar-refractivity contribution in [3.8, 4) is 22.8 Å². The van der Waals surface area contributed by atoms with E-state index in [-0.39, 0.29) is 18.4 Å². The first kappa shape index (κ1) is 26.5. The lowest BCUT2D eigenvalue weighted by Crippen LogP contribution is -2.48. The number of benzene rings is 2. The summed E-state index contributed by atoms with van der Waals surface area (Å²) < 4.78 is 13.5. The third-order valence-electron chi connectivity index (χ3n) is 6.25. The monoisotopic (exact) mass is 525 g/mol. The van der Waals surface area contributed by atoms with E-state index in [1.807, 2.05) is 48.2 Å². The average molecular weight is 526 g/mol. The number of carbonyl (C=O) groups excluding carboxylic acids is 2. The summed E-state index contributed by atoms with van der Waals surface area (Å²) >= 11 is 6.45. The Morgan fingerprint density at radius 2 is 1.86 bits per heavy atom.